The Morgan fingerprint density at radius 2 is 1.73 bits per heavy atom. The zero-order valence-electron chi connectivity index (χ0n) is 14.3. The normalized spacial score (nSPS) is 10.2. The fourth-order valence-electron chi connectivity index (χ4n) is 2.34. The maximum absolute atomic E-state index is 12.4. The van der Waals surface area contributed by atoms with Gasteiger partial charge in [-0.1, -0.05) is 6.07 Å². The molecule has 0 aliphatic rings. The summed E-state index contributed by atoms with van der Waals surface area (Å²) in [5.41, 5.74) is 3.19. The summed E-state index contributed by atoms with van der Waals surface area (Å²) in [7, 11) is 0. The Labute approximate surface area is 151 Å². The predicted octanol–water partition coefficient (Wildman–Crippen LogP) is 3.54. The van der Waals surface area contributed by atoms with E-state index in [0.29, 0.717) is 23.5 Å². The highest BCUT2D eigenvalue weighted by Gasteiger charge is 2.09. The van der Waals surface area contributed by atoms with Gasteiger partial charge in [0.15, 0.2) is 5.78 Å². The average molecular weight is 346 g/mol. The van der Waals surface area contributed by atoms with E-state index < -0.39 is 0 Å². The third-order valence-electron chi connectivity index (χ3n) is 3.74. The number of aromatic nitrogens is 2. The van der Waals surface area contributed by atoms with E-state index >= 15 is 0 Å². The summed E-state index contributed by atoms with van der Waals surface area (Å²) >= 11 is 0. The summed E-state index contributed by atoms with van der Waals surface area (Å²) in [4.78, 5) is 32.0. The van der Waals surface area contributed by atoms with Crippen molar-refractivity contribution in [3.8, 4) is 0 Å². The van der Waals surface area contributed by atoms with Crippen LogP contribution in [0.1, 0.15) is 33.5 Å². The van der Waals surface area contributed by atoms with Gasteiger partial charge in [-0.25, -0.2) is 0 Å². The molecule has 2 N–H and O–H groups in total. The van der Waals surface area contributed by atoms with Gasteiger partial charge in [-0.15, -0.1) is 0 Å². The molecule has 6 nitrogen and oxygen atoms in total. The smallest absolute Gasteiger partial charge is 0.274 e. The van der Waals surface area contributed by atoms with Crippen molar-refractivity contribution in [1.29, 1.82) is 0 Å². The quantitative estimate of drug-likeness (QED) is 0.667. The summed E-state index contributed by atoms with van der Waals surface area (Å²) in [6, 6.07) is 15.9. The summed E-state index contributed by atoms with van der Waals surface area (Å²) in [5, 5.41) is 5.99. The second-order valence-electron chi connectivity index (χ2n) is 5.69. The predicted molar refractivity (Wildman–Crippen MR) is 100 cm³/mol. The highest BCUT2D eigenvalue weighted by atomic mass is 16.2. The molecular formula is C20H18N4O2. The molecule has 2 heterocycles. The largest absolute Gasteiger partial charge is 0.379 e. The third-order valence-corrected chi connectivity index (χ3v) is 3.74. The maximum Gasteiger partial charge on any atom is 0.274 e. The number of anilines is 2. The first-order valence-electron chi connectivity index (χ1n) is 8.14. The molecule has 0 atom stereocenters. The van der Waals surface area contributed by atoms with Crippen LogP contribution in [0.2, 0.25) is 0 Å². The fourth-order valence-corrected chi connectivity index (χ4v) is 2.34. The van der Waals surface area contributed by atoms with Crippen LogP contribution in [0.3, 0.4) is 0 Å². The van der Waals surface area contributed by atoms with Crippen LogP contribution in [0.25, 0.3) is 0 Å². The van der Waals surface area contributed by atoms with Gasteiger partial charge in [0.1, 0.15) is 5.69 Å². The minimum absolute atomic E-state index is 0.0174. The molecule has 0 spiro atoms. The molecule has 1 amide bonds. The molecule has 3 rings (SSSR count). The van der Waals surface area contributed by atoms with Crippen LogP contribution in [-0.4, -0.2) is 21.7 Å². The lowest BCUT2D eigenvalue weighted by Crippen LogP contribution is -2.14. The van der Waals surface area contributed by atoms with Crippen LogP contribution in [0, 0.1) is 0 Å². The van der Waals surface area contributed by atoms with E-state index in [9.17, 15) is 9.59 Å². The van der Waals surface area contributed by atoms with E-state index in [1.165, 1.54) is 6.92 Å². The molecule has 0 bridgehead atoms. The van der Waals surface area contributed by atoms with E-state index in [4.69, 9.17) is 0 Å². The fraction of sp³-hybridized carbons (Fsp3) is 0.100. The monoisotopic (exact) mass is 346 g/mol. The lowest BCUT2D eigenvalue weighted by molar-refractivity contribution is 0.101. The van der Waals surface area contributed by atoms with Gasteiger partial charge in [0, 0.05) is 29.3 Å². The van der Waals surface area contributed by atoms with Crippen molar-refractivity contribution in [2.45, 2.75) is 13.5 Å². The second kappa shape index (κ2) is 8.02. The first-order valence-corrected chi connectivity index (χ1v) is 8.14. The Bertz CT molecular complexity index is 909. The molecule has 0 aliphatic carbocycles. The number of nitrogens with zero attached hydrogens (tertiary/aromatic N) is 2. The highest BCUT2D eigenvalue weighted by Crippen LogP contribution is 2.14. The molecule has 0 saturated heterocycles. The molecule has 1 aromatic carbocycles. The Balaban J connectivity index is 1.65. The number of carbonyl (C=O) groups is 2. The van der Waals surface area contributed by atoms with Crippen molar-refractivity contribution in [1.82, 2.24) is 9.97 Å². The van der Waals surface area contributed by atoms with Crippen molar-refractivity contribution >= 4 is 23.1 Å². The summed E-state index contributed by atoms with van der Waals surface area (Å²) in [5.74, 6) is -0.335. The van der Waals surface area contributed by atoms with Crippen LogP contribution in [0.15, 0.2) is 67.0 Å². The van der Waals surface area contributed by atoms with E-state index in [-0.39, 0.29) is 11.7 Å². The molecule has 0 fully saturated rings. The van der Waals surface area contributed by atoms with Gasteiger partial charge >= 0.3 is 0 Å². The van der Waals surface area contributed by atoms with Crippen molar-refractivity contribution < 1.29 is 9.59 Å². The van der Waals surface area contributed by atoms with E-state index in [0.717, 1.165) is 11.4 Å². The summed E-state index contributed by atoms with van der Waals surface area (Å²) < 4.78 is 0. The van der Waals surface area contributed by atoms with Gasteiger partial charge in [-0.2, -0.15) is 0 Å². The number of pyridine rings is 2. The number of hydrogen-bond donors (Lipinski definition) is 2. The molecule has 26 heavy (non-hydrogen) atoms. The van der Waals surface area contributed by atoms with Gasteiger partial charge in [0.25, 0.3) is 5.91 Å². The van der Waals surface area contributed by atoms with Gasteiger partial charge in [-0.05, 0) is 55.5 Å². The van der Waals surface area contributed by atoms with Gasteiger partial charge in [-0.3, -0.25) is 19.6 Å². The number of rotatable bonds is 6. The number of hydrogen-bond acceptors (Lipinski definition) is 5. The number of nitrogens with one attached hydrogen (secondary N) is 2. The lowest BCUT2D eigenvalue weighted by Gasteiger charge is -2.08. The molecule has 3 aromatic rings. The van der Waals surface area contributed by atoms with Crippen molar-refractivity contribution in [3.05, 3.63) is 83.9 Å². The van der Waals surface area contributed by atoms with Crippen molar-refractivity contribution in [3.63, 3.8) is 0 Å². The van der Waals surface area contributed by atoms with Crippen LogP contribution in [0.4, 0.5) is 11.4 Å². The Hall–Kier alpha value is -3.54. The minimum atomic E-state index is -0.318. The zero-order valence-corrected chi connectivity index (χ0v) is 14.3. The molecular weight excluding hydrogens is 328 g/mol. The number of benzene rings is 1. The van der Waals surface area contributed by atoms with Gasteiger partial charge in [0.05, 0.1) is 12.2 Å². The van der Waals surface area contributed by atoms with Crippen LogP contribution < -0.4 is 10.6 Å². The minimum Gasteiger partial charge on any atom is -0.379 e. The van der Waals surface area contributed by atoms with Crippen LogP contribution >= 0.6 is 0 Å². The second-order valence-corrected chi connectivity index (χ2v) is 5.69. The first-order chi connectivity index (χ1) is 12.6. The standard InChI is InChI=1S/C20H18N4O2/c1-14(25)15-5-7-16(8-6-15)24-20(26)19-12-17(9-11-22-19)23-13-18-4-2-3-10-21-18/h2-12H,13H2,1H3,(H,22,23)(H,24,26). The summed E-state index contributed by atoms with van der Waals surface area (Å²) in [6.07, 6.45) is 3.31. The van der Waals surface area contributed by atoms with Gasteiger partial charge < -0.3 is 10.6 Å². The van der Waals surface area contributed by atoms with Gasteiger partial charge in [0.2, 0.25) is 0 Å². The number of ketones is 1. The average Bonchev–Trinajstić information content (AvgIpc) is 2.68. The SMILES string of the molecule is CC(=O)c1ccc(NC(=O)c2cc(NCc3ccccn3)ccn2)cc1. The molecule has 0 aliphatic heterocycles. The van der Waals surface area contributed by atoms with E-state index in [2.05, 4.69) is 20.6 Å². The third kappa shape index (κ3) is 4.51. The summed E-state index contributed by atoms with van der Waals surface area (Å²) in [6.45, 7) is 2.05. The molecule has 130 valence electrons. The Kier molecular flexibility index (Phi) is 5.34. The number of Topliss-reactive ketones (excluding diaryl/α,β-unsaturated/α-hetero) is 1. The molecule has 0 unspecified atom stereocenters. The zero-order chi connectivity index (χ0) is 18.4. The van der Waals surface area contributed by atoms with Crippen molar-refractivity contribution in [2.75, 3.05) is 10.6 Å². The highest BCUT2D eigenvalue weighted by molar-refractivity contribution is 6.03. The molecule has 2 aromatic heterocycles. The maximum atomic E-state index is 12.4. The molecule has 0 radical (unpaired) electrons. The van der Waals surface area contributed by atoms with Crippen molar-refractivity contribution in [2.24, 2.45) is 0 Å². The number of carbonyl (C=O) groups excluding carboxylic acids is 2. The van der Waals surface area contributed by atoms with E-state index in [1.54, 1.807) is 48.8 Å². The molecule has 0 saturated carbocycles. The first kappa shape index (κ1) is 17.3. The van der Waals surface area contributed by atoms with Crippen LogP contribution in [-0.2, 0) is 6.54 Å². The Morgan fingerprint density at radius 3 is 2.42 bits per heavy atom. The topological polar surface area (TPSA) is 84.0 Å². The van der Waals surface area contributed by atoms with Crippen LogP contribution in [0.5, 0.6) is 0 Å². The van der Waals surface area contributed by atoms with E-state index in [1.807, 2.05) is 18.2 Å². The lowest BCUT2D eigenvalue weighted by atomic mass is 10.1. The number of amides is 1. The molecule has 6 heteroatoms. The Morgan fingerprint density at radius 1 is 0.923 bits per heavy atom.